The fourth-order valence-electron chi connectivity index (χ4n) is 1.66. The molecule has 0 saturated carbocycles. The first kappa shape index (κ1) is 11.0. The number of likely N-dealkylation sites (tertiary alicyclic amines) is 1. The number of hydrogen-bond donors (Lipinski definition) is 2. The van der Waals surface area contributed by atoms with E-state index in [9.17, 15) is 9.59 Å². The molecule has 2 amide bonds. The van der Waals surface area contributed by atoms with Crippen molar-refractivity contribution < 1.29 is 9.59 Å². The normalized spacial score (nSPS) is 24.6. The minimum atomic E-state index is -0.434. The number of piperidine rings is 1. The van der Waals surface area contributed by atoms with Crippen LogP contribution in [0.25, 0.3) is 0 Å². The van der Waals surface area contributed by atoms with Crippen LogP contribution in [0.2, 0.25) is 0 Å². The van der Waals surface area contributed by atoms with Crippen molar-refractivity contribution in [3.8, 4) is 0 Å². The molecule has 14 heavy (non-hydrogen) atoms. The number of carbonyl (C=O) groups is 2. The summed E-state index contributed by atoms with van der Waals surface area (Å²) >= 11 is 0. The predicted octanol–water partition coefficient (Wildman–Crippen LogP) is -0.929. The standard InChI is InChI=1S/C9H17N3O2/c1-6(8(13)11-2)12-5-3-4-7(10)9(12)14/h6-7H,3-5,10H2,1-2H3,(H,11,13)/t6-,7-/m1/s1. The molecule has 0 radical (unpaired) electrons. The highest BCUT2D eigenvalue weighted by molar-refractivity contribution is 5.89. The van der Waals surface area contributed by atoms with Gasteiger partial charge < -0.3 is 16.0 Å². The van der Waals surface area contributed by atoms with E-state index in [1.807, 2.05) is 0 Å². The third kappa shape index (κ3) is 2.04. The highest BCUT2D eigenvalue weighted by atomic mass is 16.2. The van der Waals surface area contributed by atoms with Gasteiger partial charge in [0.25, 0.3) is 0 Å². The van der Waals surface area contributed by atoms with Gasteiger partial charge in [-0.15, -0.1) is 0 Å². The van der Waals surface area contributed by atoms with Crippen LogP contribution in [0.15, 0.2) is 0 Å². The van der Waals surface area contributed by atoms with Gasteiger partial charge in [-0.2, -0.15) is 0 Å². The first-order valence-corrected chi connectivity index (χ1v) is 4.85. The Morgan fingerprint density at radius 1 is 1.71 bits per heavy atom. The summed E-state index contributed by atoms with van der Waals surface area (Å²) in [6.07, 6.45) is 1.59. The molecule has 3 N–H and O–H groups in total. The Bertz CT molecular complexity index is 242. The lowest BCUT2D eigenvalue weighted by atomic mass is 10.0. The smallest absolute Gasteiger partial charge is 0.242 e. The summed E-state index contributed by atoms with van der Waals surface area (Å²) in [6.45, 7) is 2.34. The van der Waals surface area contributed by atoms with E-state index in [1.165, 1.54) is 0 Å². The largest absolute Gasteiger partial charge is 0.357 e. The maximum Gasteiger partial charge on any atom is 0.242 e. The van der Waals surface area contributed by atoms with Gasteiger partial charge in [0.2, 0.25) is 11.8 Å². The molecule has 0 aliphatic carbocycles. The van der Waals surface area contributed by atoms with Crippen LogP contribution < -0.4 is 11.1 Å². The topological polar surface area (TPSA) is 75.4 Å². The monoisotopic (exact) mass is 199 g/mol. The zero-order valence-corrected chi connectivity index (χ0v) is 8.62. The summed E-state index contributed by atoms with van der Waals surface area (Å²) in [5, 5.41) is 2.52. The van der Waals surface area contributed by atoms with Crippen LogP contribution in [-0.2, 0) is 9.59 Å². The van der Waals surface area contributed by atoms with Crippen molar-refractivity contribution in [2.45, 2.75) is 31.8 Å². The second-order valence-corrected chi connectivity index (χ2v) is 3.57. The zero-order chi connectivity index (χ0) is 10.7. The molecule has 1 rings (SSSR count). The second-order valence-electron chi connectivity index (χ2n) is 3.57. The van der Waals surface area contributed by atoms with Crippen molar-refractivity contribution in [3.63, 3.8) is 0 Å². The summed E-state index contributed by atoms with van der Waals surface area (Å²) < 4.78 is 0. The van der Waals surface area contributed by atoms with Crippen LogP contribution in [0.4, 0.5) is 0 Å². The van der Waals surface area contributed by atoms with Gasteiger partial charge in [-0.05, 0) is 19.8 Å². The quantitative estimate of drug-likeness (QED) is 0.603. The van der Waals surface area contributed by atoms with Crippen molar-refractivity contribution in [1.82, 2.24) is 10.2 Å². The Hall–Kier alpha value is -1.10. The Morgan fingerprint density at radius 3 is 2.93 bits per heavy atom. The van der Waals surface area contributed by atoms with E-state index in [4.69, 9.17) is 5.73 Å². The molecule has 1 aliphatic rings. The molecule has 0 bridgehead atoms. The fraction of sp³-hybridized carbons (Fsp3) is 0.778. The van der Waals surface area contributed by atoms with Crippen molar-refractivity contribution >= 4 is 11.8 Å². The summed E-state index contributed by atoms with van der Waals surface area (Å²) in [5.41, 5.74) is 5.63. The molecular weight excluding hydrogens is 182 g/mol. The summed E-state index contributed by atoms with van der Waals surface area (Å²) in [5.74, 6) is -0.264. The van der Waals surface area contributed by atoms with Gasteiger partial charge in [0.05, 0.1) is 6.04 Å². The highest BCUT2D eigenvalue weighted by Gasteiger charge is 2.31. The van der Waals surface area contributed by atoms with E-state index in [2.05, 4.69) is 5.32 Å². The van der Waals surface area contributed by atoms with Gasteiger partial charge in [-0.3, -0.25) is 9.59 Å². The first-order valence-electron chi connectivity index (χ1n) is 4.85. The number of carbonyl (C=O) groups excluding carboxylic acids is 2. The summed E-state index contributed by atoms with van der Waals surface area (Å²) in [6, 6.07) is -0.852. The first-order chi connectivity index (χ1) is 6.57. The molecule has 2 atom stereocenters. The predicted molar refractivity (Wildman–Crippen MR) is 52.5 cm³/mol. The molecule has 0 aromatic heterocycles. The lowest BCUT2D eigenvalue weighted by Crippen LogP contribution is -2.55. The van der Waals surface area contributed by atoms with Crippen LogP contribution >= 0.6 is 0 Å². The zero-order valence-electron chi connectivity index (χ0n) is 8.62. The third-order valence-electron chi connectivity index (χ3n) is 2.61. The van der Waals surface area contributed by atoms with E-state index in [0.29, 0.717) is 6.54 Å². The van der Waals surface area contributed by atoms with Crippen LogP contribution in [0.1, 0.15) is 19.8 Å². The Balaban J connectivity index is 2.66. The van der Waals surface area contributed by atoms with Crippen LogP contribution in [0, 0.1) is 0 Å². The van der Waals surface area contributed by atoms with Crippen LogP contribution in [0.5, 0.6) is 0 Å². The number of likely N-dealkylation sites (N-methyl/N-ethyl adjacent to an activating group) is 1. The maximum atomic E-state index is 11.6. The number of nitrogens with two attached hydrogens (primary N) is 1. The van der Waals surface area contributed by atoms with Crippen LogP contribution in [-0.4, -0.2) is 42.4 Å². The van der Waals surface area contributed by atoms with E-state index in [0.717, 1.165) is 12.8 Å². The fourth-order valence-corrected chi connectivity index (χ4v) is 1.66. The lowest BCUT2D eigenvalue weighted by molar-refractivity contribution is -0.142. The lowest BCUT2D eigenvalue weighted by Gasteiger charge is -2.34. The molecule has 0 unspecified atom stereocenters. The number of nitrogens with zero attached hydrogens (tertiary/aromatic N) is 1. The molecular formula is C9H17N3O2. The van der Waals surface area contributed by atoms with E-state index >= 15 is 0 Å². The minimum absolute atomic E-state index is 0.118. The molecule has 0 aromatic carbocycles. The molecule has 1 fully saturated rings. The average Bonchev–Trinajstić information content (AvgIpc) is 2.20. The Kier molecular flexibility index (Phi) is 3.46. The number of hydrogen-bond acceptors (Lipinski definition) is 3. The second kappa shape index (κ2) is 4.41. The number of nitrogens with one attached hydrogen (secondary N) is 1. The average molecular weight is 199 g/mol. The Labute approximate surface area is 83.6 Å². The molecule has 1 aliphatic heterocycles. The SMILES string of the molecule is CNC(=O)[C@@H](C)N1CCC[C@@H](N)C1=O. The van der Waals surface area contributed by atoms with Gasteiger partial charge in [-0.25, -0.2) is 0 Å². The van der Waals surface area contributed by atoms with Crippen molar-refractivity contribution in [1.29, 1.82) is 0 Å². The minimum Gasteiger partial charge on any atom is -0.357 e. The Morgan fingerprint density at radius 2 is 2.36 bits per heavy atom. The summed E-state index contributed by atoms with van der Waals surface area (Å²) in [4.78, 5) is 24.5. The third-order valence-corrected chi connectivity index (χ3v) is 2.61. The van der Waals surface area contributed by atoms with Crippen molar-refractivity contribution in [2.24, 2.45) is 5.73 Å². The van der Waals surface area contributed by atoms with Gasteiger partial charge in [0.1, 0.15) is 6.04 Å². The van der Waals surface area contributed by atoms with Gasteiger partial charge in [0.15, 0.2) is 0 Å². The van der Waals surface area contributed by atoms with Crippen molar-refractivity contribution in [2.75, 3.05) is 13.6 Å². The maximum absolute atomic E-state index is 11.6. The van der Waals surface area contributed by atoms with Gasteiger partial charge in [0, 0.05) is 13.6 Å². The molecule has 0 spiro atoms. The molecule has 1 saturated heterocycles. The van der Waals surface area contributed by atoms with Gasteiger partial charge in [-0.1, -0.05) is 0 Å². The summed E-state index contributed by atoms with van der Waals surface area (Å²) in [7, 11) is 1.56. The number of amides is 2. The number of rotatable bonds is 2. The van der Waals surface area contributed by atoms with Crippen LogP contribution in [0.3, 0.4) is 0 Å². The van der Waals surface area contributed by atoms with Gasteiger partial charge >= 0.3 is 0 Å². The van der Waals surface area contributed by atoms with E-state index in [1.54, 1.807) is 18.9 Å². The molecule has 5 nitrogen and oxygen atoms in total. The van der Waals surface area contributed by atoms with E-state index in [-0.39, 0.29) is 11.8 Å². The molecule has 0 aromatic rings. The molecule has 1 heterocycles. The molecule has 5 heteroatoms. The van der Waals surface area contributed by atoms with Crippen molar-refractivity contribution in [3.05, 3.63) is 0 Å². The molecule has 80 valence electrons. The highest BCUT2D eigenvalue weighted by Crippen LogP contribution is 2.13. The van der Waals surface area contributed by atoms with E-state index < -0.39 is 12.1 Å².